The van der Waals surface area contributed by atoms with Gasteiger partial charge in [0.2, 0.25) is 0 Å². The lowest BCUT2D eigenvalue weighted by molar-refractivity contribution is -0.137. The van der Waals surface area contributed by atoms with E-state index >= 15 is 0 Å². The number of urea groups is 1. The molecule has 27 heavy (non-hydrogen) atoms. The van der Waals surface area contributed by atoms with Gasteiger partial charge in [-0.3, -0.25) is 0 Å². The van der Waals surface area contributed by atoms with Crippen molar-refractivity contribution in [1.82, 2.24) is 5.01 Å². The molecule has 0 fully saturated rings. The minimum Gasteiger partial charge on any atom is -0.373 e. The Bertz CT molecular complexity index is 852. The van der Waals surface area contributed by atoms with E-state index in [0.717, 1.165) is 17.7 Å². The summed E-state index contributed by atoms with van der Waals surface area (Å²) in [6, 6.07) is 10.6. The second-order valence-corrected chi connectivity index (χ2v) is 6.24. The highest BCUT2D eigenvalue weighted by molar-refractivity contribution is 6.30. The van der Waals surface area contributed by atoms with Crippen LogP contribution in [0.15, 0.2) is 53.6 Å². The van der Waals surface area contributed by atoms with Crippen LogP contribution < -0.4 is 5.32 Å². The van der Waals surface area contributed by atoms with Crippen molar-refractivity contribution in [2.75, 3.05) is 19.0 Å². The van der Waals surface area contributed by atoms with Crippen LogP contribution in [0.5, 0.6) is 0 Å². The number of nitrogens with zero attached hydrogens (tertiary/aromatic N) is 2. The third-order valence-corrected chi connectivity index (χ3v) is 4.25. The molecule has 1 aliphatic heterocycles. The summed E-state index contributed by atoms with van der Waals surface area (Å²) in [6.45, 7) is 0.181. The van der Waals surface area contributed by atoms with Gasteiger partial charge in [0, 0.05) is 23.4 Å². The Balaban J connectivity index is 1.74. The molecular weight excluding hydrogens is 383 g/mol. The summed E-state index contributed by atoms with van der Waals surface area (Å²) in [5.41, 5.74) is 0.772. The third kappa shape index (κ3) is 4.40. The zero-order valence-corrected chi connectivity index (χ0v) is 14.9. The van der Waals surface area contributed by atoms with Crippen molar-refractivity contribution in [2.24, 2.45) is 5.10 Å². The number of hydrogen-bond acceptors (Lipinski definition) is 3. The van der Waals surface area contributed by atoms with Gasteiger partial charge in [0.15, 0.2) is 0 Å². The number of ether oxygens (including phenoxy) is 1. The van der Waals surface area contributed by atoms with E-state index in [1.807, 2.05) is 0 Å². The van der Waals surface area contributed by atoms with Gasteiger partial charge < -0.3 is 10.1 Å². The monoisotopic (exact) mass is 397 g/mol. The molecule has 2 amide bonds. The fourth-order valence-corrected chi connectivity index (χ4v) is 2.71. The SMILES string of the molecule is COC1CN(C(=O)Nc2ccc(C(F)(F)F)cc2)N=C1c1ccc(Cl)cc1. The maximum absolute atomic E-state index is 12.6. The van der Waals surface area contributed by atoms with Crippen molar-refractivity contribution in [2.45, 2.75) is 12.3 Å². The topological polar surface area (TPSA) is 53.9 Å². The smallest absolute Gasteiger partial charge is 0.373 e. The number of rotatable bonds is 3. The molecule has 0 radical (unpaired) electrons. The molecule has 0 bridgehead atoms. The van der Waals surface area contributed by atoms with Crippen molar-refractivity contribution >= 4 is 29.0 Å². The highest BCUT2D eigenvalue weighted by Gasteiger charge is 2.32. The largest absolute Gasteiger partial charge is 0.416 e. The summed E-state index contributed by atoms with van der Waals surface area (Å²) in [6.07, 6.45) is -4.86. The number of amides is 2. The van der Waals surface area contributed by atoms with E-state index in [4.69, 9.17) is 16.3 Å². The van der Waals surface area contributed by atoms with E-state index in [1.165, 1.54) is 24.3 Å². The number of carbonyl (C=O) groups excluding carboxylic acids is 1. The van der Waals surface area contributed by atoms with E-state index in [1.54, 1.807) is 24.3 Å². The maximum Gasteiger partial charge on any atom is 0.416 e. The first kappa shape index (κ1) is 19.2. The Labute approximate surface area is 158 Å². The molecule has 0 saturated carbocycles. The molecule has 0 aliphatic carbocycles. The number of hydrazone groups is 1. The van der Waals surface area contributed by atoms with Gasteiger partial charge in [-0.2, -0.15) is 18.3 Å². The van der Waals surface area contributed by atoms with Gasteiger partial charge in [0.05, 0.1) is 17.8 Å². The first-order chi connectivity index (χ1) is 12.8. The van der Waals surface area contributed by atoms with Crippen molar-refractivity contribution in [3.8, 4) is 0 Å². The zero-order chi connectivity index (χ0) is 19.6. The normalized spacial score (nSPS) is 17.0. The van der Waals surface area contributed by atoms with Crippen LogP contribution in [0.2, 0.25) is 5.02 Å². The number of carbonyl (C=O) groups is 1. The Morgan fingerprint density at radius 2 is 1.81 bits per heavy atom. The van der Waals surface area contributed by atoms with Gasteiger partial charge in [-0.05, 0) is 36.4 Å². The summed E-state index contributed by atoms with van der Waals surface area (Å²) < 4.78 is 43.2. The fraction of sp³-hybridized carbons (Fsp3) is 0.222. The van der Waals surface area contributed by atoms with Crippen LogP contribution in [0.3, 0.4) is 0 Å². The first-order valence-electron chi connectivity index (χ1n) is 7.91. The van der Waals surface area contributed by atoms with Gasteiger partial charge in [-0.25, -0.2) is 9.80 Å². The molecule has 3 rings (SSSR count). The van der Waals surface area contributed by atoms with E-state index in [2.05, 4.69) is 10.4 Å². The lowest BCUT2D eigenvalue weighted by atomic mass is 10.1. The third-order valence-electron chi connectivity index (χ3n) is 3.99. The van der Waals surface area contributed by atoms with Gasteiger partial charge in [-0.15, -0.1) is 0 Å². The van der Waals surface area contributed by atoms with Crippen molar-refractivity contribution < 1.29 is 22.7 Å². The average molecular weight is 398 g/mol. The predicted molar refractivity (Wildman–Crippen MR) is 96.0 cm³/mol. The average Bonchev–Trinajstić information content (AvgIpc) is 3.06. The van der Waals surface area contributed by atoms with Crippen LogP contribution in [0.25, 0.3) is 0 Å². The standard InChI is InChI=1S/C18H15ClF3N3O2/c1-27-15-10-25(24-16(15)11-2-6-13(19)7-3-11)17(26)23-14-8-4-12(5-9-14)18(20,21)22/h2-9,15H,10H2,1H3,(H,23,26). The molecule has 2 aromatic carbocycles. The summed E-state index contributed by atoms with van der Waals surface area (Å²) in [5.74, 6) is 0. The van der Waals surface area contributed by atoms with Gasteiger partial charge in [-0.1, -0.05) is 23.7 Å². The summed E-state index contributed by atoms with van der Waals surface area (Å²) in [7, 11) is 1.51. The van der Waals surface area contributed by atoms with Crippen molar-refractivity contribution in [3.05, 3.63) is 64.7 Å². The highest BCUT2D eigenvalue weighted by Crippen LogP contribution is 2.30. The molecular formula is C18H15ClF3N3O2. The van der Waals surface area contributed by atoms with E-state index in [0.29, 0.717) is 10.7 Å². The van der Waals surface area contributed by atoms with Crippen LogP contribution in [0.1, 0.15) is 11.1 Å². The molecule has 9 heteroatoms. The van der Waals surface area contributed by atoms with E-state index in [9.17, 15) is 18.0 Å². The minimum atomic E-state index is -4.43. The molecule has 0 spiro atoms. The molecule has 5 nitrogen and oxygen atoms in total. The molecule has 1 unspecified atom stereocenters. The summed E-state index contributed by atoms with van der Waals surface area (Å²) in [5, 5.41) is 8.56. The predicted octanol–water partition coefficient (Wildman–Crippen LogP) is 4.63. The maximum atomic E-state index is 12.6. The number of anilines is 1. The number of halogens is 4. The molecule has 1 N–H and O–H groups in total. The Morgan fingerprint density at radius 3 is 2.37 bits per heavy atom. The molecule has 2 aromatic rings. The minimum absolute atomic E-state index is 0.181. The second-order valence-electron chi connectivity index (χ2n) is 5.80. The van der Waals surface area contributed by atoms with E-state index in [-0.39, 0.29) is 12.2 Å². The number of benzene rings is 2. The van der Waals surface area contributed by atoms with Gasteiger partial charge >= 0.3 is 12.2 Å². The fourth-order valence-electron chi connectivity index (χ4n) is 2.59. The van der Waals surface area contributed by atoms with Crippen LogP contribution >= 0.6 is 11.6 Å². The number of alkyl halides is 3. The zero-order valence-electron chi connectivity index (χ0n) is 14.1. The number of hydrogen-bond donors (Lipinski definition) is 1. The Kier molecular flexibility index (Phi) is 5.38. The van der Waals surface area contributed by atoms with Crippen LogP contribution in [0.4, 0.5) is 23.7 Å². The highest BCUT2D eigenvalue weighted by atomic mass is 35.5. The first-order valence-corrected chi connectivity index (χ1v) is 8.29. The summed E-state index contributed by atoms with van der Waals surface area (Å²) in [4.78, 5) is 12.4. The molecule has 0 aromatic heterocycles. The van der Waals surface area contributed by atoms with Crippen molar-refractivity contribution in [3.63, 3.8) is 0 Å². The van der Waals surface area contributed by atoms with E-state index < -0.39 is 23.9 Å². The second kappa shape index (κ2) is 7.58. The molecule has 0 saturated heterocycles. The molecule has 142 valence electrons. The number of methoxy groups -OCH3 is 1. The van der Waals surface area contributed by atoms with Crippen molar-refractivity contribution in [1.29, 1.82) is 0 Å². The van der Waals surface area contributed by atoms with Crippen LogP contribution in [-0.2, 0) is 10.9 Å². The lowest BCUT2D eigenvalue weighted by Gasteiger charge is -2.15. The van der Waals surface area contributed by atoms with Gasteiger partial charge in [0.25, 0.3) is 0 Å². The van der Waals surface area contributed by atoms with Gasteiger partial charge in [0.1, 0.15) is 6.10 Å². The molecule has 1 heterocycles. The summed E-state index contributed by atoms with van der Waals surface area (Å²) >= 11 is 5.88. The lowest BCUT2D eigenvalue weighted by Crippen LogP contribution is -2.33. The Hall–Kier alpha value is -2.58. The Morgan fingerprint density at radius 1 is 1.19 bits per heavy atom. The van der Waals surface area contributed by atoms with Crippen LogP contribution in [-0.4, -0.2) is 36.5 Å². The molecule has 1 aliphatic rings. The quantitative estimate of drug-likeness (QED) is 0.821. The number of nitrogens with one attached hydrogen (secondary N) is 1. The van der Waals surface area contributed by atoms with Crippen LogP contribution in [0, 0.1) is 0 Å². The molecule has 1 atom stereocenters.